The molecule has 27 heavy (non-hydrogen) atoms. The number of ether oxygens (including phenoxy) is 2. The zero-order valence-corrected chi connectivity index (χ0v) is 16.4. The lowest BCUT2D eigenvalue weighted by Gasteiger charge is -2.26. The molecule has 0 radical (unpaired) electrons. The summed E-state index contributed by atoms with van der Waals surface area (Å²) < 4.78 is 26.0. The maximum absolute atomic E-state index is 14.4. The van der Waals surface area contributed by atoms with Crippen LogP contribution in [0.1, 0.15) is 47.7 Å². The van der Waals surface area contributed by atoms with Gasteiger partial charge in [0, 0.05) is 42.2 Å². The smallest absolute Gasteiger partial charge is 0.253 e. The number of nitrogens with zero attached hydrogens (tertiary/aromatic N) is 1. The van der Waals surface area contributed by atoms with Crippen molar-refractivity contribution in [2.24, 2.45) is 0 Å². The van der Waals surface area contributed by atoms with Gasteiger partial charge in [-0.3, -0.25) is 4.79 Å². The van der Waals surface area contributed by atoms with Crippen molar-refractivity contribution < 1.29 is 18.7 Å². The number of nitrogens with one attached hydrogen (secondary N) is 2. The zero-order chi connectivity index (χ0) is 18.8. The van der Waals surface area contributed by atoms with Crippen LogP contribution in [-0.4, -0.2) is 41.9 Å². The lowest BCUT2D eigenvalue weighted by molar-refractivity contribution is -0.163. The summed E-state index contributed by atoms with van der Waals surface area (Å²) in [5, 5.41) is 2.91. The molecule has 2 aromatic heterocycles. The fourth-order valence-corrected chi connectivity index (χ4v) is 3.93. The molecule has 0 saturated carbocycles. The monoisotopic (exact) mass is 437 g/mol. The summed E-state index contributed by atoms with van der Waals surface area (Å²) in [5.41, 5.74) is 2.33. The molecule has 0 aliphatic carbocycles. The Morgan fingerprint density at radius 2 is 2.26 bits per heavy atom. The van der Waals surface area contributed by atoms with E-state index in [-0.39, 0.29) is 22.7 Å². The SMILES string of the molecule is O=C1NCC(CCOC2CCCCO2)c2[nH]c(-c3ccnc(Br)c3F)cc21. The van der Waals surface area contributed by atoms with Crippen molar-refractivity contribution in [3.63, 3.8) is 0 Å². The van der Waals surface area contributed by atoms with Crippen LogP contribution < -0.4 is 5.32 Å². The molecule has 0 aromatic carbocycles. The Morgan fingerprint density at radius 1 is 1.37 bits per heavy atom. The van der Waals surface area contributed by atoms with Crippen molar-refractivity contribution in [3.05, 3.63) is 40.0 Å². The molecule has 2 unspecified atom stereocenters. The first-order chi connectivity index (χ1) is 13.1. The topological polar surface area (TPSA) is 76.2 Å². The molecule has 0 bridgehead atoms. The van der Waals surface area contributed by atoms with E-state index in [0.29, 0.717) is 30.0 Å². The first kappa shape index (κ1) is 18.6. The summed E-state index contributed by atoms with van der Waals surface area (Å²) in [6.07, 6.45) is 5.29. The second kappa shape index (κ2) is 8.08. The van der Waals surface area contributed by atoms with Crippen molar-refractivity contribution in [1.29, 1.82) is 0 Å². The van der Waals surface area contributed by atoms with E-state index in [4.69, 9.17) is 9.47 Å². The number of H-pyrrole nitrogens is 1. The third-order valence-corrected chi connectivity index (χ3v) is 5.61. The van der Waals surface area contributed by atoms with Gasteiger partial charge in [0.2, 0.25) is 0 Å². The predicted octanol–water partition coefficient (Wildman–Crippen LogP) is 3.74. The largest absolute Gasteiger partial charge is 0.357 e. The number of aromatic amines is 1. The van der Waals surface area contributed by atoms with Gasteiger partial charge in [-0.05, 0) is 53.7 Å². The highest BCUT2D eigenvalue weighted by molar-refractivity contribution is 9.10. The fraction of sp³-hybridized carbons (Fsp3) is 0.474. The molecule has 1 fully saturated rings. The Labute approximate surface area is 165 Å². The summed E-state index contributed by atoms with van der Waals surface area (Å²) in [7, 11) is 0. The summed E-state index contributed by atoms with van der Waals surface area (Å²) >= 11 is 3.10. The molecule has 8 heteroatoms. The maximum atomic E-state index is 14.4. The molecular formula is C19H21BrFN3O3. The van der Waals surface area contributed by atoms with E-state index in [9.17, 15) is 9.18 Å². The van der Waals surface area contributed by atoms with E-state index in [1.807, 2.05) is 0 Å². The van der Waals surface area contributed by atoms with Crippen LogP contribution in [0.2, 0.25) is 0 Å². The molecule has 2 aliphatic rings. The number of carbonyl (C=O) groups excluding carboxylic acids is 1. The number of aromatic nitrogens is 2. The Morgan fingerprint density at radius 3 is 3.07 bits per heavy atom. The summed E-state index contributed by atoms with van der Waals surface area (Å²) in [6.45, 7) is 1.83. The van der Waals surface area contributed by atoms with Crippen LogP contribution in [0.4, 0.5) is 4.39 Å². The lowest BCUT2D eigenvalue weighted by Crippen LogP contribution is -2.35. The number of halogens is 2. The Hall–Kier alpha value is -1.77. The lowest BCUT2D eigenvalue weighted by atomic mass is 9.95. The van der Waals surface area contributed by atoms with Gasteiger partial charge in [0.15, 0.2) is 12.1 Å². The number of hydrogen-bond acceptors (Lipinski definition) is 4. The first-order valence-electron chi connectivity index (χ1n) is 9.18. The fourth-order valence-electron chi connectivity index (χ4n) is 3.60. The number of pyridine rings is 1. The van der Waals surface area contributed by atoms with E-state index in [2.05, 4.69) is 31.2 Å². The van der Waals surface area contributed by atoms with Crippen LogP contribution in [0.25, 0.3) is 11.3 Å². The second-order valence-corrected chi connectivity index (χ2v) is 7.59. The molecule has 2 N–H and O–H groups in total. The van der Waals surface area contributed by atoms with Crippen molar-refractivity contribution in [1.82, 2.24) is 15.3 Å². The molecule has 4 heterocycles. The maximum Gasteiger partial charge on any atom is 0.253 e. The standard InChI is InChI=1S/C19H21BrFN3O3/c20-18-16(21)12(4-6-22-18)14-9-13-17(24-14)11(10-23-19(13)25)5-8-27-15-3-1-2-7-26-15/h4,6,9,11,15,24H,1-3,5,7-8,10H2,(H,23,25). The van der Waals surface area contributed by atoms with Gasteiger partial charge in [-0.1, -0.05) is 0 Å². The van der Waals surface area contributed by atoms with Gasteiger partial charge in [-0.2, -0.15) is 0 Å². The van der Waals surface area contributed by atoms with Crippen LogP contribution in [-0.2, 0) is 9.47 Å². The van der Waals surface area contributed by atoms with Gasteiger partial charge in [0.05, 0.1) is 12.2 Å². The van der Waals surface area contributed by atoms with Crippen molar-refractivity contribution >= 4 is 21.8 Å². The first-order valence-corrected chi connectivity index (χ1v) is 9.97. The van der Waals surface area contributed by atoms with Crippen LogP contribution in [0.5, 0.6) is 0 Å². The van der Waals surface area contributed by atoms with E-state index in [1.54, 1.807) is 12.1 Å². The van der Waals surface area contributed by atoms with E-state index >= 15 is 0 Å². The minimum absolute atomic E-state index is 0.0865. The highest BCUT2D eigenvalue weighted by Gasteiger charge is 2.29. The molecular weight excluding hydrogens is 417 g/mol. The summed E-state index contributed by atoms with van der Waals surface area (Å²) in [5.74, 6) is -0.511. The van der Waals surface area contributed by atoms with Crippen LogP contribution >= 0.6 is 15.9 Å². The quantitative estimate of drug-likeness (QED) is 0.698. The third kappa shape index (κ3) is 3.93. The molecule has 2 aliphatic heterocycles. The second-order valence-electron chi connectivity index (χ2n) is 6.84. The molecule has 6 nitrogen and oxygen atoms in total. The number of hydrogen-bond donors (Lipinski definition) is 2. The number of fused-ring (bicyclic) bond motifs is 1. The van der Waals surface area contributed by atoms with Gasteiger partial charge >= 0.3 is 0 Å². The van der Waals surface area contributed by atoms with Gasteiger partial charge in [-0.15, -0.1) is 0 Å². The van der Waals surface area contributed by atoms with Gasteiger partial charge < -0.3 is 19.8 Å². The van der Waals surface area contributed by atoms with Gasteiger partial charge in [0.1, 0.15) is 4.60 Å². The predicted molar refractivity (Wildman–Crippen MR) is 101 cm³/mol. The molecule has 2 atom stereocenters. The average molecular weight is 438 g/mol. The molecule has 1 saturated heterocycles. The Balaban J connectivity index is 1.51. The highest BCUT2D eigenvalue weighted by Crippen LogP contribution is 2.33. The van der Waals surface area contributed by atoms with E-state index in [0.717, 1.165) is 38.0 Å². The van der Waals surface area contributed by atoms with Crippen molar-refractivity contribution in [2.45, 2.75) is 37.9 Å². The zero-order valence-electron chi connectivity index (χ0n) is 14.8. The van der Waals surface area contributed by atoms with E-state index < -0.39 is 5.82 Å². The normalized spacial score (nSPS) is 22.4. The number of carbonyl (C=O) groups is 1. The highest BCUT2D eigenvalue weighted by atomic mass is 79.9. The Bertz CT molecular complexity index is 836. The molecule has 0 spiro atoms. The number of rotatable bonds is 5. The Kier molecular flexibility index (Phi) is 5.56. The minimum Gasteiger partial charge on any atom is -0.357 e. The van der Waals surface area contributed by atoms with Crippen LogP contribution in [0.15, 0.2) is 22.9 Å². The van der Waals surface area contributed by atoms with Crippen LogP contribution in [0, 0.1) is 5.82 Å². The number of amides is 1. The molecule has 144 valence electrons. The third-order valence-electron chi connectivity index (χ3n) is 5.05. The van der Waals surface area contributed by atoms with Crippen LogP contribution in [0.3, 0.4) is 0 Å². The van der Waals surface area contributed by atoms with Crippen molar-refractivity contribution in [3.8, 4) is 11.3 Å². The average Bonchev–Trinajstić information content (AvgIpc) is 3.13. The van der Waals surface area contributed by atoms with E-state index in [1.165, 1.54) is 6.20 Å². The van der Waals surface area contributed by atoms with Crippen molar-refractivity contribution in [2.75, 3.05) is 19.8 Å². The summed E-state index contributed by atoms with van der Waals surface area (Å²) in [4.78, 5) is 19.4. The molecule has 1 amide bonds. The van der Waals surface area contributed by atoms with Gasteiger partial charge in [0.25, 0.3) is 5.91 Å². The molecule has 4 rings (SSSR count). The van der Waals surface area contributed by atoms with Gasteiger partial charge in [-0.25, -0.2) is 9.37 Å². The minimum atomic E-state index is -0.453. The summed E-state index contributed by atoms with van der Waals surface area (Å²) in [6, 6.07) is 3.29. The molecule has 2 aromatic rings.